The van der Waals surface area contributed by atoms with Crippen LogP contribution in [0.3, 0.4) is 0 Å². The fourth-order valence-electron chi connectivity index (χ4n) is 1.74. The molecule has 0 aliphatic carbocycles. The van der Waals surface area contributed by atoms with Crippen molar-refractivity contribution in [3.8, 4) is 17.6 Å². The van der Waals surface area contributed by atoms with E-state index in [1.807, 2.05) is 6.92 Å². The van der Waals surface area contributed by atoms with Crippen LogP contribution in [-0.4, -0.2) is 11.0 Å². The van der Waals surface area contributed by atoms with Gasteiger partial charge >= 0.3 is 5.97 Å². The molecule has 1 aromatic carbocycles. The number of halogens is 1. The van der Waals surface area contributed by atoms with Crippen LogP contribution in [0.2, 0.25) is 0 Å². The van der Waals surface area contributed by atoms with Crippen LogP contribution in [0.25, 0.3) is 10.9 Å². The number of fused-ring (bicyclic) bond motifs is 1. The first-order chi connectivity index (χ1) is 9.06. The molecule has 19 heavy (non-hydrogen) atoms. The van der Waals surface area contributed by atoms with Gasteiger partial charge in [-0.15, -0.1) is 0 Å². The molecule has 0 radical (unpaired) electrons. The minimum Gasteiger partial charge on any atom is -0.424 e. The topological polar surface area (TPSA) is 72.2 Å². The minimum atomic E-state index is -0.434. The van der Waals surface area contributed by atoms with Gasteiger partial charge in [0.25, 0.3) is 0 Å². The largest absolute Gasteiger partial charge is 0.424 e. The highest BCUT2D eigenvalue weighted by atomic mass is 127. The molecule has 0 saturated heterocycles. The van der Waals surface area contributed by atoms with Gasteiger partial charge in [-0.25, -0.2) is 0 Å². The molecule has 0 atom stereocenters. The molecule has 0 aliphatic heterocycles. The molecule has 0 saturated carbocycles. The maximum absolute atomic E-state index is 11.1. The molecule has 0 amide bonds. The van der Waals surface area contributed by atoms with Crippen molar-refractivity contribution >= 4 is 39.9 Å². The Hall–Kier alpha value is -1.88. The lowest BCUT2D eigenvalue weighted by Gasteiger charge is -2.10. The van der Waals surface area contributed by atoms with Gasteiger partial charge in [-0.2, -0.15) is 5.26 Å². The highest BCUT2D eigenvalue weighted by Crippen LogP contribution is 2.34. The van der Waals surface area contributed by atoms with Gasteiger partial charge in [0.1, 0.15) is 6.07 Å². The number of carbonyl (C=O) groups excluding carboxylic acids is 1. The Balaban J connectivity index is 2.72. The van der Waals surface area contributed by atoms with E-state index in [0.717, 1.165) is 10.9 Å². The minimum absolute atomic E-state index is 0.314. The van der Waals surface area contributed by atoms with Crippen molar-refractivity contribution in [1.82, 2.24) is 4.98 Å². The number of ether oxygens (including phenoxy) is 1. The zero-order valence-electron chi connectivity index (χ0n) is 10.2. The van der Waals surface area contributed by atoms with Crippen molar-refractivity contribution in [3.63, 3.8) is 0 Å². The third-order valence-electron chi connectivity index (χ3n) is 2.66. The van der Waals surface area contributed by atoms with E-state index in [2.05, 4.69) is 11.1 Å². The van der Waals surface area contributed by atoms with Gasteiger partial charge in [-0.3, -0.25) is 9.78 Å². The summed E-state index contributed by atoms with van der Waals surface area (Å²) in [6.07, 6.45) is 1.51. The van der Waals surface area contributed by atoms with Gasteiger partial charge in [0, 0.05) is 24.6 Å². The maximum Gasteiger partial charge on any atom is 0.308 e. The fourth-order valence-corrected chi connectivity index (χ4v) is 2.08. The third-order valence-corrected chi connectivity index (χ3v) is 3.13. The average Bonchev–Trinajstić information content (AvgIpc) is 2.38. The van der Waals surface area contributed by atoms with Crippen molar-refractivity contribution in [2.45, 2.75) is 13.8 Å². The zero-order valence-corrected chi connectivity index (χ0v) is 12.4. The average molecular weight is 368 g/mol. The van der Waals surface area contributed by atoms with Crippen molar-refractivity contribution in [1.29, 1.82) is 5.26 Å². The Kier molecular flexibility index (Phi) is 3.85. The summed E-state index contributed by atoms with van der Waals surface area (Å²) < 4.78 is 10.2. The zero-order chi connectivity index (χ0) is 14.0. The quantitative estimate of drug-likeness (QED) is 0.463. The van der Waals surface area contributed by atoms with E-state index < -0.39 is 5.97 Å². The molecule has 0 fully saturated rings. The van der Waals surface area contributed by atoms with E-state index in [9.17, 15) is 4.79 Å². The number of esters is 1. The Morgan fingerprint density at radius 2 is 2.16 bits per heavy atom. The molecule has 6 heteroatoms. The summed E-state index contributed by atoms with van der Waals surface area (Å²) in [5.74, 6) is 0.297. The molecular weight excluding hydrogens is 359 g/mol. The summed E-state index contributed by atoms with van der Waals surface area (Å²) in [7, 11) is 0. The number of aromatic nitrogens is 1. The maximum atomic E-state index is 11.1. The Morgan fingerprint density at radius 3 is 2.74 bits per heavy atom. The second-order valence-electron chi connectivity index (χ2n) is 3.90. The van der Waals surface area contributed by atoms with Crippen LogP contribution >= 0.6 is 23.0 Å². The number of rotatable bonds is 2. The van der Waals surface area contributed by atoms with Crippen LogP contribution < -0.4 is 7.80 Å². The smallest absolute Gasteiger partial charge is 0.308 e. The number of carbonyl (C=O) groups is 1. The molecule has 2 rings (SSSR count). The van der Waals surface area contributed by atoms with E-state index >= 15 is 0 Å². The predicted octanol–water partition coefficient (Wildman–Crippen LogP) is 3.07. The summed E-state index contributed by atoms with van der Waals surface area (Å²) >= 11 is 1.71. The van der Waals surface area contributed by atoms with E-state index in [4.69, 9.17) is 13.1 Å². The van der Waals surface area contributed by atoms with Crippen LogP contribution in [0, 0.1) is 18.3 Å². The first-order valence-corrected chi connectivity index (χ1v) is 6.25. The molecule has 1 aromatic heterocycles. The molecule has 0 unspecified atom stereocenters. The number of benzene rings is 1. The number of aryl methyl sites for hydroxylation is 1. The molecule has 0 aliphatic rings. The van der Waals surface area contributed by atoms with E-state index in [1.165, 1.54) is 13.1 Å². The molecule has 96 valence electrons. The van der Waals surface area contributed by atoms with Crippen LogP contribution in [0.5, 0.6) is 11.5 Å². The van der Waals surface area contributed by atoms with E-state index in [-0.39, 0.29) is 0 Å². The molecule has 5 nitrogen and oxygen atoms in total. The highest BCUT2D eigenvalue weighted by molar-refractivity contribution is 14.1. The van der Waals surface area contributed by atoms with Gasteiger partial charge in [-0.1, -0.05) is 0 Å². The van der Waals surface area contributed by atoms with Gasteiger partial charge in [0.2, 0.25) is 0 Å². The van der Waals surface area contributed by atoms with Crippen LogP contribution in [0.1, 0.15) is 18.1 Å². The monoisotopic (exact) mass is 368 g/mol. The van der Waals surface area contributed by atoms with Crippen molar-refractivity contribution in [2.24, 2.45) is 0 Å². The Bertz CT molecular complexity index is 707. The van der Waals surface area contributed by atoms with Crippen LogP contribution in [0.4, 0.5) is 0 Å². The Labute approximate surface area is 123 Å². The second-order valence-corrected chi connectivity index (χ2v) is 4.34. The van der Waals surface area contributed by atoms with Crippen molar-refractivity contribution in [3.05, 3.63) is 29.5 Å². The van der Waals surface area contributed by atoms with Crippen molar-refractivity contribution in [2.75, 3.05) is 0 Å². The van der Waals surface area contributed by atoms with E-state index in [0.29, 0.717) is 22.6 Å². The van der Waals surface area contributed by atoms with Gasteiger partial charge in [0.15, 0.2) is 34.5 Å². The number of nitriles is 1. The molecule has 2 aromatic rings. The van der Waals surface area contributed by atoms with Crippen LogP contribution in [-0.2, 0) is 4.79 Å². The summed E-state index contributed by atoms with van der Waals surface area (Å²) in [6, 6.07) is 5.41. The van der Waals surface area contributed by atoms with Gasteiger partial charge < -0.3 is 7.80 Å². The normalized spacial score (nSPS) is 10.0. The standard InChI is InChI=1S/C13H9IN2O3/c1-7-9(5-15)6-16-11-4-13(19-14)12(3-10(7)11)18-8(2)17/h3-4,6H,1-2H3. The summed E-state index contributed by atoms with van der Waals surface area (Å²) in [5, 5.41) is 9.75. The lowest BCUT2D eigenvalue weighted by molar-refractivity contribution is -0.131. The molecule has 0 spiro atoms. The highest BCUT2D eigenvalue weighted by Gasteiger charge is 2.13. The summed E-state index contributed by atoms with van der Waals surface area (Å²) in [5.41, 5.74) is 1.96. The SMILES string of the molecule is CC(=O)Oc1cc2c(C)c(C#N)cnc2cc1OI. The number of pyridine rings is 1. The Morgan fingerprint density at radius 1 is 1.42 bits per heavy atom. The van der Waals surface area contributed by atoms with Gasteiger partial charge in [-0.05, 0) is 18.6 Å². The summed E-state index contributed by atoms with van der Waals surface area (Å²) in [4.78, 5) is 15.3. The van der Waals surface area contributed by atoms with Crippen molar-refractivity contribution < 1.29 is 12.6 Å². The lowest BCUT2D eigenvalue weighted by Crippen LogP contribution is -2.02. The molecule has 0 N–H and O–H groups in total. The molecule has 0 bridgehead atoms. The number of hydrogen-bond acceptors (Lipinski definition) is 5. The van der Waals surface area contributed by atoms with Crippen LogP contribution in [0.15, 0.2) is 18.3 Å². The second kappa shape index (κ2) is 5.40. The number of hydrogen-bond donors (Lipinski definition) is 0. The fraction of sp³-hybridized carbons (Fsp3) is 0.154. The molecule has 1 heterocycles. The molecular formula is C13H9IN2O3. The number of nitrogens with zero attached hydrogens (tertiary/aromatic N) is 2. The summed E-state index contributed by atoms with van der Waals surface area (Å²) in [6.45, 7) is 3.14. The lowest BCUT2D eigenvalue weighted by atomic mass is 10.1. The predicted molar refractivity (Wildman–Crippen MR) is 77.2 cm³/mol. The first kappa shape index (κ1) is 13.5. The first-order valence-electron chi connectivity index (χ1n) is 5.37. The van der Waals surface area contributed by atoms with E-state index in [1.54, 1.807) is 35.1 Å². The van der Waals surface area contributed by atoms with Gasteiger partial charge in [0.05, 0.1) is 11.1 Å². The third kappa shape index (κ3) is 2.61.